The lowest BCUT2D eigenvalue weighted by atomic mass is 10.2. The zero-order valence-electron chi connectivity index (χ0n) is 12.2. The van der Waals surface area contributed by atoms with E-state index in [-0.39, 0.29) is 12.4 Å². The molecule has 0 saturated heterocycles. The van der Waals surface area contributed by atoms with Gasteiger partial charge < -0.3 is 5.32 Å². The van der Waals surface area contributed by atoms with E-state index in [1.54, 1.807) is 11.6 Å². The first-order valence-electron chi connectivity index (χ1n) is 6.84. The zero-order chi connectivity index (χ0) is 15.2. The summed E-state index contributed by atoms with van der Waals surface area (Å²) in [5.74, 6) is 6.03. The molecule has 0 unspecified atom stereocenters. The minimum absolute atomic E-state index is 0. The smallest absolute Gasteiger partial charge is 0.169 e. The molecular weight excluding hydrogens is 330 g/mol. The SMILES string of the molecule is Cl.O=Cc1csc(C#CCCNc2ccnc3ccccc23)n1. The van der Waals surface area contributed by atoms with Crippen molar-refractivity contribution >= 4 is 46.6 Å². The molecule has 6 heteroatoms. The van der Waals surface area contributed by atoms with E-state index in [1.807, 2.05) is 30.3 Å². The van der Waals surface area contributed by atoms with Crippen molar-refractivity contribution in [2.45, 2.75) is 6.42 Å². The van der Waals surface area contributed by atoms with Crippen LogP contribution in [0.15, 0.2) is 41.9 Å². The van der Waals surface area contributed by atoms with E-state index < -0.39 is 0 Å². The normalized spacial score (nSPS) is 9.57. The first-order chi connectivity index (χ1) is 10.9. The minimum Gasteiger partial charge on any atom is -0.383 e. The number of para-hydroxylation sites is 1. The summed E-state index contributed by atoms with van der Waals surface area (Å²) in [7, 11) is 0. The second kappa shape index (κ2) is 8.28. The molecule has 116 valence electrons. The van der Waals surface area contributed by atoms with Crippen LogP contribution in [0.25, 0.3) is 10.9 Å². The molecule has 0 aliphatic rings. The maximum Gasteiger partial charge on any atom is 0.169 e. The molecule has 0 radical (unpaired) electrons. The van der Waals surface area contributed by atoms with Crippen LogP contribution < -0.4 is 5.32 Å². The lowest BCUT2D eigenvalue weighted by Crippen LogP contribution is -2.01. The van der Waals surface area contributed by atoms with E-state index >= 15 is 0 Å². The molecule has 0 saturated carbocycles. The standard InChI is InChI=1S/C17H13N3OS.ClH/c21-11-13-12-22-17(20-13)7-3-4-9-18-16-8-10-19-15-6-2-1-5-14(15)16;/h1-2,5-6,8,10-12H,4,9H2,(H,18,19);1H. The number of benzene rings is 1. The van der Waals surface area contributed by atoms with Crippen molar-refractivity contribution < 1.29 is 4.79 Å². The number of pyridine rings is 1. The number of aldehydes is 1. The van der Waals surface area contributed by atoms with Gasteiger partial charge in [-0.3, -0.25) is 9.78 Å². The topological polar surface area (TPSA) is 54.9 Å². The van der Waals surface area contributed by atoms with Crippen LogP contribution in [0.5, 0.6) is 0 Å². The maximum atomic E-state index is 10.5. The first-order valence-corrected chi connectivity index (χ1v) is 7.72. The second-order valence-corrected chi connectivity index (χ2v) is 5.41. The molecule has 3 aromatic rings. The summed E-state index contributed by atoms with van der Waals surface area (Å²) in [6.45, 7) is 0.743. The third-order valence-corrected chi connectivity index (χ3v) is 3.83. The van der Waals surface area contributed by atoms with Gasteiger partial charge in [0.2, 0.25) is 0 Å². The molecule has 0 amide bonds. The Hall–Kier alpha value is -2.42. The third kappa shape index (κ3) is 4.28. The highest BCUT2D eigenvalue weighted by Gasteiger charge is 1.99. The number of anilines is 1. The number of fused-ring (bicyclic) bond motifs is 1. The number of hydrogen-bond donors (Lipinski definition) is 1. The van der Waals surface area contributed by atoms with Crippen molar-refractivity contribution in [1.29, 1.82) is 0 Å². The van der Waals surface area contributed by atoms with Crippen LogP contribution in [0.3, 0.4) is 0 Å². The average Bonchev–Trinajstić information content (AvgIpc) is 3.03. The van der Waals surface area contributed by atoms with Crippen LogP contribution in [-0.2, 0) is 0 Å². The van der Waals surface area contributed by atoms with Gasteiger partial charge in [0.05, 0.1) is 5.52 Å². The van der Waals surface area contributed by atoms with Gasteiger partial charge in [0.1, 0.15) is 5.69 Å². The lowest BCUT2D eigenvalue weighted by Gasteiger charge is -2.07. The van der Waals surface area contributed by atoms with Crippen LogP contribution in [0.4, 0.5) is 5.69 Å². The summed E-state index contributed by atoms with van der Waals surface area (Å²) in [5.41, 5.74) is 2.48. The number of thiazole rings is 1. The molecule has 23 heavy (non-hydrogen) atoms. The van der Waals surface area contributed by atoms with E-state index in [4.69, 9.17) is 0 Å². The molecule has 0 aliphatic heterocycles. The van der Waals surface area contributed by atoms with Crippen molar-refractivity contribution in [2.24, 2.45) is 0 Å². The number of rotatable bonds is 4. The molecule has 4 nitrogen and oxygen atoms in total. The average molecular weight is 344 g/mol. The summed E-state index contributed by atoms with van der Waals surface area (Å²) >= 11 is 1.39. The lowest BCUT2D eigenvalue weighted by molar-refractivity contribution is 0.111. The molecule has 0 spiro atoms. The second-order valence-electron chi connectivity index (χ2n) is 4.55. The molecule has 0 bridgehead atoms. The quantitative estimate of drug-likeness (QED) is 0.445. The molecule has 0 aliphatic carbocycles. The summed E-state index contributed by atoms with van der Waals surface area (Å²) in [6.07, 6.45) is 3.23. The first kappa shape index (κ1) is 16.9. The van der Waals surface area contributed by atoms with Crippen LogP contribution >= 0.6 is 23.7 Å². The molecule has 3 rings (SSSR count). The highest BCUT2D eigenvalue weighted by Crippen LogP contribution is 2.20. The predicted octanol–water partition coefficient (Wildman–Crippen LogP) is 3.78. The van der Waals surface area contributed by atoms with Gasteiger partial charge in [0.25, 0.3) is 0 Å². The van der Waals surface area contributed by atoms with Gasteiger partial charge in [-0.2, -0.15) is 0 Å². The largest absolute Gasteiger partial charge is 0.383 e. The van der Waals surface area contributed by atoms with E-state index in [9.17, 15) is 4.79 Å². The Kier molecular flexibility index (Phi) is 6.10. The molecule has 0 atom stereocenters. The Labute approximate surface area is 144 Å². The Balaban J connectivity index is 0.00000192. The molecule has 0 fully saturated rings. The maximum absolute atomic E-state index is 10.5. The third-order valence-electron chi connectivity index (χ3n) is 3.05. The Morgan fingerprint density at radius 3 is 2.96 bits per heavy atom. The van der Waals surface area contributed by atoms with Crippen molar-refractivity contribution in [3.8, 4) is 11.8 Å². The van der Waals surface area contributed by atoms with Crippen molar-refractivity contribution in [1.82, 2.24) is 9.97 Å². The van der Waals surface area contributed by atoms with E-state index in [0.29, 0.717) is 17.1 Å². The summed E-state index contributed by atoms with van der Waals surface area (Å²) in [6, 6.07) is 9.99. The van der Waals surface area contributed by atoms with Crippen LogP contribution in [0, 0.1) is 11.8 Å². The van der Waals surface area contributed by atoms with Crippen molar-refractivity contribution in [3.05, 3.63) is 52.6 Å². The molecular formula is C17H14ClN3OS. The fraction of sp³-hybridized carbons (Fsp3) is 0.118. The minimum atomic E-state index is 0. The highest BCUT2D eigenvalue weighted by atomic mass is 35.5. The number of carbonyl (C=O) groups is 1. The van der Waals surface area contributed by atoms with Gasteiger partial charge in [-0.15, -0.1) is 23.7 Å². The number of aromatic nitrogens is 2. The van der Waals surface area contributed by atoms with E-state index in [2.05, 4.69) is 27.1 Å². The Morgan fingerprint density at radius 2 is 2.13 bits per heavy atom. The van der Waals surface area contributed by atoms with Crippen LogP contribution in [-0.4, -0.2) is 22.8 Å². The molecule has 2 aromatic heterocycles. The van der Waals surface area contributed by atoms with Crippen molar-refractivity contribution in [2.75, 3.05) is 11.9 Å². The fourth-order valence-electron chi connectivity index (χ4n) is 2.05. The Bertz CT molecular complexity index is 861. The van der Waals surface area contributed by atoms with Crippen LogP contribution in [0.2, 0.25) is 0 Å². The van der Waals surface area contributed by atoms with Crippen LogP contribution in [0.1, 0.15) is 21.9 Å². The summed E-state index contributed by atoms with van der Waals surface area (Å²) in [4.78, 5) is 18.9. The number of nitrogens with one attached hydrogen (secondary N) is 1. The van der Waals surface area contributed by atoms with Gasteiger partial charge in [-0.05, 0) is 18.1 Å². The van der Waals surface area contributed by atoms with Gasteiger partial charge in [-0.25, -0.2) is 4.98 Å². The number of hydrogen-bond acceptors (Lipinski definition) is 5. The summed E-state index contributed by atoms with van der Waals surface area (Å²) in [5, 5.41) is 6.86. The number of halogens is 1. The fourth-order valence-corrected chi connectivity index (χ4v) is 2.68. The van der Waals surface area contributed by atoms with E-state index in [1.165, 1.54) is 11.3 Å². The summed E-state index contributed by atoms with van der Waals surface area (Å²) < 4.78 is 0. The molecule has 2 heterocycles. The van der Waals surface area contributed by atoms with Crippen molar-refractivity contribution in [3.63, 3.8) is 0 Å². The highest BCUT2D eigenvalue weighted by molar-refractivity contribution is 7.10. The number of carbonyl (C=O) groups excluding carboxylic acids is 1. The van der Waals surface area contributed by atoms with Gasteiger partial charge in [-0.1, -0.05) is 24.1 Å². The van der Waals surface area contributed by atoms with E-state index in [0.717, 1.165) is 29.4 Å². The van der Waals surface area contributed by atoms with Gasteiger partial charge >= 0.3 is 0 Å². The zero-order valence-corrected chi connectivity index (χ0v) is 13.8. The predicted molar refractivity (Wildman–Crippen MR) is 96.5 cm³/mol. The van der Waals surface area contributed by atoms with Gasteiger partial charge in [0.15, 0.2) is 11.3 Å². The Morgan fingerprint density at radius 1 is 1.26 bits per heavy atom. The molecule has 1 N–H and O–H groups in total. The number of nitrogens with zero attached hydrogens (tertiary/aromatic N) is 2. The van der Waals surface area contributed by atoms with Gasteiger partial charge in [0, 0.05) is 35.6 Å². The molecule has 1 aromatic carbocycles. The monoisotopic (exact) mass is 343 g/mol.